The van der Waals surface area contributed by atoms with Crippen molar-refractivity contribution in [2.24, 2.45) is 0 Å². The van der Waals surface area contributed by atoms with E-state index in [1.165, 1.54) is 10.4 Å². The van der Waals surface area contributed by atoms with Crippen molar-refractivity contribution in [2.75, 3.05) is 6.61 Å². The van der Waals surface area contributed by atoms with E-state index in [1.807, 2.05) is 33.5 Å². The van der Waals surface area contributed by atoms with Crippen LogP contribution in [0.15, 0.2) is 108 Å². The summed E-state index contributed by atoms with van der Waals surface area (Å²) in [7, 11) is -2.61. The summed E-state index contributed by atoms with van der Waals surface area (Å²) >= 11 is 6.40. The van der Waals surface area contributed by atoms with Gasteiger partial charge in [0.05, 0.1) is 29.5 Å². The van der Waals surface area contributed by atoms with Gasteiger partial charge in [-0.05, 0) is 77.2 Å². The second kappa shape index (κ2) is 14.2. The number of aryl methyl sites for hydroxylation is 1. The molecule has 48 heavy (non-hydrogen) atoms. The highest BCUT2D eigenvalue weighted by Crippen LogP contribution is 2.37. The monoisotopic (exact) mass is 676 g/mol. The van der Waals surface area contributed by atoms with Gasteiger partial charge in [0.25, 0.3) is 8.32 Å². The minimum atomic E-state index is -2.61. The normalized spacial score (nSPS) is 13.0. The van der Waals surface area contributed by atoms with Gasteiger partial charge in [0.1, 0.15) is 0 Å². The van der Waals surface area contributed by atoms with E-state index in [9.17, 15) is 4.79 Å². The number of imidazole rings is 1. The molecule has 0 saturated carbocycles. The second-order valence-corrected chi connectivity index (χ2v) is 18.5. The lowest BCUT2D eigenvalue weighted by Crippen LogP contribution is -2.66. The van der Waals surface area contributed by atoms with Crippen LogP contribution in [-0.4, -0.2) is 34.0 Å². The third kappa shape index (κ3) is 6.39. The summed E-state index contributed by atoms with van der Waals surface area (Å²) in [5.74, 6) is 0. The Hall–Kier alpha value is -4.04. The average molecular weight is 677 g/mol. The van der Waals surface area contributed by atoms with Crippen LogP contribution in [-0.2, 0) is 17.4 Å². The first kappa shape index (κ1) is 33.8. The number of hydrogen-bond donors (Lipinski definition) is 0. The second-order valence-electron chi connectivity index (χ2n) is 13.7. The van der Waals surface area contributed by atoms with Crippen molar-refractivity contribution in [2.45, 2.75) is 77.9 Å². The maximum atomic E-state index is 13.9. The van der Waals surface area contributed by atoms with E-state index >= 15 is 0 Å². The molecule has 0 spiro atoms. The summed E-state index contributed by atoms with van der Waals surface area (Å²) in [5.41, 5.74) is 3.74. The van der Waals surface area contributed by atoms with Crippen LogP contribution in [0.3, 0.4) is 0 Å². The highest BCUT2D eigenvalue weighted by atomic mass is 35.5. The molecule has 0 N–H and O–H groups in total. The number of fused-ring (bicyclic) bond motifs is 2. The van der Waals surface area contributed by atoms with Crippen LogP contribution in [0.1, 0.15) is 71.2 Å². The molecule has 6 nitrogen and oxygen atoms in total. The lowest BCUT2D eigenvalue weighted by molar-refractivity contribution is 0.288. The summed E-state index contributed by atoms with van der Waals surface area (Å²) in [5, 5.41) is 5.31. The smallest absolute Gasteiger partial charge is 0.329 e. The number of rotatable bonds is 12. The molecule has 0 aliphatic carbocycles. The van der Waals surface area contributed by atoms with E-state index in [2.05, 4.69) is 106 Å². The largest absolute Gasteiger partial charge is 0.407 e. The molecule has 1 unspecified atom stereocenters. The van der Waals surface area contributed by atoms with Gasteiger partial charge in [0.2, 0.25) is 0 Å². The average Bonchev–Trinajstić information content (AvgIpc) is 3.37. The van der Waals surface area contributed by atoms with Crippen molar-refractivity contribution in [1.82, 2.24) is 19.1 Å². The van der Waals surface area contributed by atoms with E-state index in [1.54, 1.807) is 12.4 Å². The maximum Gasteiger partial charge on any atom is 0.329 e. The quantitative estimate of drug-likeness (QED) is 0.0966. The minimum Gasteiger partial charge on any atom is -0.407 e. The van der Waals surface area contributed by atoms with E-state index in [0.717, 1.165) is 58.7 Å². The SMILES string of the molecule is CCC(C)n1c(=O)n(Cc2ncc3cc(Cl)ccc3c2CCCCO[Si](c2ccccc2)(c2ccccc2)C(C)(C)C)c2cnccc21. The molecule has 8 heteroatoms. The molecule has 0 aliphatic heterocycles. The first-order valence-corrected chi connectivity index (χ1v) is 19.3. The molecule has 248 valence electrons. The van der Waals surface area contributed by atoms with Crippen molar-refractivity contribution in [3.05, 3.63) is 130 Å². The molecule has 6 aromatic rings. The molecule has 0 aliphatic rings. The molecule has 0 fully saturated rings. The maximum absolute atomic E-state index is 13.9. The van der Waals surface area contributed by atoms with E-state index in [0.29, 0.717) is 18.2 Å². The van der Waals surface area contributed by atoms with E-state index in [4.69, 9.17) is 21.0 Å². The number of aromatic nitrogens is 4. The number of benzene rings is 3. The Kier molecular flexibility index (Phi) is 10.0. The highest BCUT2D eigenvalue weighted by Gasteiger charge is 2.49. The molecule has 6 rings (SSSR count). The van der Waals surface area contributed by atoms with Crippen LogP contribution in [0, 0.1) is 0 Å². The van der Waals surface area contributed by atoms with Crippen molar-refractivity contribution in [3.8, 4) is 0 Å². The number of pyridine rings is 2. The van der Waals surface area contributed by atoms with Gasteiger partial charge >= 0.3 is 5.69 Å². The van der Waals surface area contributed by atoms with Gasteiger partial charge in [-0.1, -0.05) is 106 Å². The molecule has 0 bridgehead atoms. The fraction of sp³-hybridized carbons (Fsp3) is 0.325. The van der Waals surface area contributed by atoms with Crippen LogP contribution in [0.4, 0.5) is 0 Å². The Labute approximate surface area is 289 Å². The molecule has 0 amide bonds. The number of nitrogens with zero attached hydrogens (tertiary/aromatic N) is 4. The molecular weight excluding hydrogens is 632 g/mol. The fourth-order valence-corrected chi connectivity index (χ4v) is 11.9. The van der Waals surface area contributed by atoms with Crippen LogP contribution < -0.4 is 16.1 Å². The lowest BCUT2D eigenvalue weighted by atomic mass is 9.99. The van der Waals surface area contributed by atoms with Crippen molar-refractivity contribution >= 4 is 52.1 Å². The standard InChI is InChI=1S/C40H45ClN4O2Si/c1-6-29(2)45-37-22-23-42-27-38(37)44(39(45)46)28-36-35(34-21-20-31(41)25-30(34)26-43-36)19-13-14-24-47-48(40(3,4)5,32-15-9-7-10-16-32)33-17-11-8-12-18-33/h7-12,15-18,20-23,25-27,29H,6,13-14,19,24,28H2,1-5H3. The summed E-state index contributed by atoms with van der Waals surface area (Å²) in [6, 6.07) is 29.6. The van der Waals surface area contributed by atoms with Crippen LogP contribution in [0.2, 0.25) is 10.1 Å². The van der Waals surface area contributed by atoms with Crippen molar-refractivity contribution in [1.29, 1.82) is 0 Å². The first-order chi connectivity index (χ1) is 23.2. The Morgan fingerprint density at radius 3 is 2.23 bits per heavy atom. The van der Waals surface area contributed by atoms with E-state index < -0.39 is 8.32 Å². The zero-order valence-corrected chi connectivity index (χ0v) is 30.4. The Balaban J connectivity index is 1.30. The zero-order valence-electron chi connectivity index (χ0n) is 28.6. The topological polar surface area (TPSA) is 61.9 Å². The van der Waals surface area contributed by atoms with Crippen LogP contribution >= 0.6 is 11.6 Å². The predicted octanol–water partition coefficient (Wildman–Crippen LogP) is 8.32. The molecular formula is C40H45ClN4O2Si. The molecule has 1 atom stereocenters. The van der Waals surface area contributed by atoms with Gasteiger partial charge in [-0.25, -0.2) is 4.79 Å². The van der Waals surface area contributed by atoms with Crippen molar-refractivity contribution in [3.63, 3.8) is 0 Å². The molecule has 3 heterocycles. The van der Waals surface area contributed by atoms with E-state index in [-0.39, 0.29) is 16.8 Å². The zero-order chi connectivity index (χ0) is 33.9. The number of unbranched alkanes of at least 4 members (excludes halogenated alkanes) is 1. The Morgan fingerprint density at radius 2 is 1.58 bits per heavy atom. The lowest BCUT2D eigenvalue weighted by Gasteiger charge is -2.43. The predicted molar refractivity (Wildman–Crippen MR) is 201 cm³/mol. The highest BCUT2D eigenvalue weighted by molar-refractivity contribution is 6.99. The molecule has 3 aromatic carbocycles. The minimum absolute atomic E-state index is 0.0324. The summed E-state index contributed by atoms with van der Waals surface area (Å²) < 4.78 is 10.9. The van der Waals surface area contributed by atoms with Gasteiger partial charge in [-0.3, -0.25) is 19.1 Å². The fourth-order valence-electron chi connectivity index (χ4n) is 7.14. The van der Waals surface area contributed by atoms with Crippen LogP contribution in [0.5, 0.6) is 0 Å². The first-order valence-electron chi connectivity index (χ1n) is 17.0. The van der Waals surface area contributed by atoms with Gasteiger partial charge in [0, 0.05) is 35.5 Å². The molecule has 3 aromatic heterocycles. The van der Waals surface area contributed by atoms with Crippen molar-refractivity contribution < 1.29 is 4.43 Å². The number of halogens is 1. The number of hydrogen-bond acceptors (Lipinski definition) is 4. The molecule has 0 saturated heterocycles. The summed E-state index contributed by atoms with van der Waals surface area (Å²) in [6.07, 6.45) is 8.90. The summed E-state index contributed by atoms with van der Waals surface area (Å²) in [6.45, 7) is 12.2. The van der Waals surface area contributed by atoms with Gasteiger partial charge in [0.15, 0.2) is 0 Å². The molecule has 0 radical (unpaired) electrons. The van der Waals surface area contributed by atoms with Crippen LogP contribution in [0.25, 0.3) is 21.8 Å². The van der Waals surface area contributed by atoms with Gasteiger partial charge in [-0.15, -0.1) is 0 Å². The Morgan fingerprint density at radius 1 is 0.896 bits per heavy atom. The Bertz CT molecular complexity index is 2030. The van der Waals surface area contributed by atoms with Gasteiger partial charge < -0.3 is 4.43 Å². The summed E-state index contributed by atoms with van der Waals surface area (Å²) in [4.78, 5) is 23.2. The third-order valence-corrected chi connectivity index (χ3v) is 15.0. The van der Waals surface area contributed by atoms with Gasteiger partial charge in [-0.2, -0.15) is 0 Å². The third-order valence-electron chi connectivity index (χ3n) is 9.71.